The van der Waals surface area contributed by atoms with Crippen LogP contribution in [0.2, 0.25) is 0 Å². The molecule has 8 heteroatoms. The van der Waals surface area contributed by atoms with Crippen molar-refractivity contribution in [2.45, 2.75) is 43.4 Å². The molecule has 0 aliphatic heterocycles. The summed E-state index contributed by atoms with van der Waals surface area (Å²) < 4.78 is 33.2. The summed E-state index contributed by atoms with van der Waals surface area (Å²) in [5.41, 5.74) is 5.52. The van der Waals surface area contributed by atoms with Gasteiger partial charge in [0, 0.05) is 24.1 Å². The minimum atomic E-state index is -3.48. The molecule has 1 saturated carbocycles. The van der Waals surface area contributed by atoms with Crippen LogP contribution in [-0.2, 0) is 21.3 Å². The Labute approximate surface area is 125 Å². The van der Waals surface area contributed by atoms with E-state index >= 15 is 0 Å². The Bertz CT molecular complexity index is 538. The molecule has 0 bridgehead atoms. The number of hydrogen-bond donors (Lipinski definition) is 2. The maximum atomic E-state index is 12.2. The van der Waals surface area contributed by atoms with Crippen molar-refractivity contribution in [3.63, 3.8) is 0 Å². The van der Waals surface area contributed by atoms with Gasteiger partial charge in [-0.25, -0.2) is 13.1 Å². The van der Waals surface area contributed by atoms with E-state index < -0.39 is 10.0 Å². The summed E-state index contributed by atoms with van der Waals surface area (Å²) in [6.45, 7) is 2.95. The molecule has 0 amide bonds. The fourth-order valence-corrected chi connectivity index (χ4v) is 5.82. The van der Waals surface area contributed by atoms with Crippen molar-refractivity contribution in [2.75, 3.05) is 6.61 Å². The van der Waals surface area contributed by atoms with Gasteiger partial charge in [-0.15, -0.1) is 11.3 Å². The molecule has 1 aromatic heterocycles. The van der Waals surface area contributed by atoms with Crippen LogP contribution in [0.15, 0.2) is 14.7 Å². The number of rotatable bonds is 6. The molecule has 1 aliphatic carbocycles. The molecule has 2 rings (SSSR count). The lowest BCUT2D eigenvalue weighted by Gasteiger charge is -2.34. The predicted molar refractivity (Wildman–Crippen MR) is 78.7 cm³/mol. The van der Waals surface area contributed by atoms with Crippen LogP contribution >= 0.6 is 27.3 Å². The second-order valence-corrected chi connectivity index (χ2v) is 8.56. The normalized spacial score (nSPS) is 23.3. The summed E-state index contributed by atoms with van der Waals surface area (Å²) in [7, 11) is -3.48. The molecule has 0 unspecified atom stereocenters. The van der Waals surface area contributed by atoms with Crippen LogP contribution < -0.4 is 10.5 Å². The van der Waals surface area contributed by atoms with Gasteiger partial charge in [-0.3, -0.25) is 0 Å². The topological polar surface area (TPSA) is 81.4 Å². The quantitative estimate of drug-likeness (QED) is 0.802. The lowest BCUT2D eigenvalue weighted by Crippen LogP contribution is -2.47. The molecule has 1 heterocycles. The minimum absolute atomic E-state index is 0.0327. The number of halogens is 1. The van der Waals surface area contributed by atoms with Gasteiger partial charge >= 0.3 is 0 Å². The maximum absolute atomic E-state index is 12.2. The molecule has 0 radical (unpaired) electrons. The van der Waals surface area contributed by atoms with Crippen molar-refractivity contribution in [3.8, 4) is 0 Å². The molecule has 108 valence electrons. The molecule has 1 aliphatic rings. The number of nitrogens with two attached hydrogens (primary N) is 1. The van der Waals surface area contributed by atoms with Crippen LogP contribution in [0.3, 0.4) is 0 Å². The Balaban J connectivity index is 2.01. The second kappa shape index (κ2) is 6.19. The predicted octanol–water partition coefficient (Wildman–Crippen LogP) is 1.82. The van der Waals surface area contributed by atoms with Crippen molar-refractivity contribution in [1.29, 1.82) is 0 Å². The van der Waals surface area contributed by atoms with Gasteiger partial charge in [0.25, 0.3) is 0 Å². The summed E-state index contributed by atoms with van der Waals surface area (Å²) in [5.74, 6) is 0. The number of thiophene rings is 1. The van der Waals surface area contributed by atoms with Gasteiger partial charge in [0.1, 0.15) is 4.90 Å². The van der Waals surface area contributed by atoms with E-state index in [0.717, 1.165) is 17.7 Å². The third kappa shape index (κ3) is 3.56. The van der Waals surface area contributed by atoms with Crippen LogP contribution in [-0.4, -0.2) is 27.2 Å². The van der Waals surface area contributed by atoms with Gasteiger partial charge in [-0.2, -0.15) is 0 Å². The fraction of sp³-hybridized carbons (Fsp3) is 0.636. The van der Waals surface area contributed by atoms with Gasteiger partial charge in [0.2, 0.25) is 10.0 Å². The van der Waals surface area contributed by atoms with Crippen LogP contribution in [0.5, 0.6) is 0 Å². The van der Waals surface area contributed by atoms with E-state index in [-0.39, 0.29) is 17.0 Å². The zero-order chi connectivity index (χ0) is 14.0. The Hall–Kier alpha value is 0.01000. The molecule has 0 aromatic carbocycles. The van der Waals surface area contributed by atoms with E-state index in [4.69, 9.17) is 10.5 Å². The van der Waals surface area contributed by atoms with E-state index in [9.17, 15) is 8.42 Å². The van der Waals surface area contributed by atoms with Gasteiger partial charge in [0.05, 0.1) is 9.89 Å². The first kappa shape index (κ1) is 15.4. The van der Waals surface area contributed by atoms with Crippen molar-refractivity contribution in [3.05, 3.63) is 14.7 Å². The Morgan fingerprint density at radius 1 is 1.58 bits per heavy atom. The average Bonchev–Trinajstić information content (AvgIpc) is 2.68. The molecular formula is C11H17BrN2O3S2. The number of sulfonamides is 1. The van der Waals surface area contributed by atoms with Crippen molar-refractivity contribution >= 4 is 37.3 Å². The molecule has 1 aromatic rings. The van der Waals surface area contributed by atoms with Gasteiger partial charge in [-0.1, -0.05) is 0 Å². The molecule has 5 nitrogen and oxygen atoms in total. The van der Waals surface area contributed by atoms with E-state index in [1.807, 2.05) is 6.92 Å². The number of nitrogens with one attached hydrogen (secondary N) is 1. The van der Waals surface area contributed by atoms with Crippen molar-refractivity contribution in [1.82, 2.24) is 4.72 Å². The standard InChI is InChI=1S/C11H17BrN2O3S2/c1-2-17-8-3-7(4-8)14-19(15,16)10-5-9(6-13)18-11(10)12/h5,7-8,14H,2-4,6,13H2,1H3. The average molecular weight is 369 g/mol. The highest BCUT2D eigenvalue weighted by molar-refractivity contribution is 9.11. The highest BCUT2D eigenvalue weighted by atomic mass is 79.9. The van der Waals surface area contributed by atoms with E-state index in [1.54, 1.807) is 6.07 Å². The molecule has 1 fully saturated rings. The minimum Gasteiger partial charge on any atom is -0.378 e. The van der Waals surface area contributed by atoms with Gasteiger partial charge in [0.15, 0.2) is 0 Å². The molecular weight excluding hydrogens is 352 g/mol. The Morgan fingerprint density at radius 3 is 2.79 bits per heavy atom. The van der Waals surface area contributed by atoms with Gasteiger partial charge < -0.3 is 10.5 Å². The SMILES string of the molecule is CCOC1CC(NS(=O)(=O)c2cc(CN)sc2Br)C1. The number of ether oxygens (including phenoxy) is 1. The van der Waals surface area contributed by atoms with E-state index in [1.165, 1.54) is 11.3 Å². The van der Waals surface area contributed by atoms with Crippen molar-refractivity contribution in [2.24, 2.45) is 5.73 Å². The smallest absolute Gasteiger partial charge is 0.242 e. The Kier molecular flexibility index (Phi) is 5.02. The third-order valence-corrected chi connectivity index (χ3v) is 6.81. The Morgan fingerprint density at radius 2 is 2.26 bits per heavy atom. The first-order valence-corrected chi connectivity index (χ1v) is 9.17. The molecule has 19 heavy (non-hydrogen) atoms. The first-order valence-electron chi connectivity index (χ1n) is 6.08. The molecule has 3 N–H and O–H groups in total. The van der Waals surface area contributed by atoms with Crippen LogP contribution in [0.4, 0.5) is 0 Å². The largest absolute Gasteiger partial charge is 0.378 e. The fourth-order valence-electron chi connectivity index (χ4n) is 2.00. The second-order valence-electron chi connectivity index (χ2n) is 4.42. The van der Waals surface area contributed by atoms with Gasteiger partial charge in [-0.05, 0) is 41.8 Å². The zero-order valence-corrected chi connectivity index (χ0v) is 13.8. The van der Waals surface area contributed by atoms with Crippen LogP contribution in [0, 0.1) is 0 Å². The zero-order valence-electron chi connectivity index (χ0n) is 10.6. The third-order valence-electron chi connectivity index (χ3n) is 3.02. The summed E-state index contributed by atoms with van der Waals surface area (Å²) in [6, 6.07) is 1.59. The summed E-state index contributed by atoms with van der Waals surface area (Å²) in [6.07, 6.45) is 1.65. The lowest BCUT2D eigenvalue weighted by atomic mass is 9.90. The summed E-state index contributed by atoms with van der Waals surface area (Å²) in [4.78, 5) is 1.12. The maximum Gasteiger partial charge on any atom is 0.242 e. The van der Waals surface area contributed by atoms with E-state index in [0.29, 0.717) is 16.9 Å². The highest BCUT2D eigenvalue weighted by Crippen LogP contribution is 2.33. The number of hydrogen-bond acceptors (Lipinski definition) is 5. The monoisotopic (exact) mass is 368 g/mol. The van der Waals surface area contributed by atoms with Crippen molar-refractivity contribution < 1.29 is 13.2 Å². The first-order chi connectivity index (χ1) is 8.96. The lowest BCUT2D eigenvalue weighted by molar-refractivity contribution is -0.00475. The molecule has 0 saturated heterocycles. The van der Waals surface area contributed by atoms with Crippen LogP contribution in [0.25, 0.3) is 0 Å². The highest BCUT2D eigenvalue weighted by Gasteiger charge is 2.34. The summed E-state index contributed by atoms with van der Waals surface area (Å²) >= 11 is 4.63. The molecule has 0 atom stereocenters. The summed E-state index contributed by atoms with van der Waals surface area (Å²) in [5, 5.41) is 0. The van der Waals surface area contributed by atoms with E-state index in [2.05, 4.69) is 20.7 Å². The van der Waals surface area contributed by atoms with Crippen LogP contribution in [0.1, 0.15) is 24.6 Å². The molecule has 0 spiro atoms.